The first kappa shape index (κ1) is 17.0. The molecule has 0 aromatic carbocycles. The van der Waals surface area contributed by atoms with Crippen LogP contribution in [-0.2, 0) is 4.79 Å². The van der Waals surface area contributed by atoms with E-state index in [4.69, 9.17) is 0 Å². The zero-order valence-corrected chi connectivity index (χ0v) is 16.3. The van der Waals surface area contributed by atoms with Gasteiger partial charge < -0.3 is 10.2 Å². The third-order valence-corrected chi connectivity index (χ3v) is 9.98. The number of hydrogen-bond donors (Lipinski definition) is 2. The van der Waals surface area contributed by atoms with Crippen molar-refractivity contribution in [2.75, 3.05) is 6.61 Å². The lowest BCUT2D eigenvalue weighted by Gasteiger charge is -2.58. The first-order valence-corrected chi connectivity index (χ1v) is 11.3. The molecule has 6 aliphatic carbocycles. The SMILES string of the molecule is CCC12CCC3C4CCC(=O)C=C4[C@H]4CC4C3C1[C@@H]1C[C@@H]1C2(O)/C=C\CO. The molecule has 0 aromatic rings. The number of hydrogen-bond acceptors (Lipinski definition) is 3. The van der Waals surface area contributed by atoms with Crippen LogP contribution in [0.1, 0.15) is 51.9 Å². The Morgan fingerprint density at radius 3 is 2.81 bits per heavy atom. The fourth-order valence-corrected chi connectivity index (χ4v) is 9.03. The highest BCUT2D eigenvalue weighted by atomic mass is 16.3. The normalized spacial score (nSPS) is 57.3. The minimum absolute atomic E-state index is 0.00621. The first-order chi connectivity index (χ1) is 13.1. The van der Waals surface area contributed by atoms with Gasteiger partial charge in [0, 0.05) is 11.8 Å². The molecule has 0 heterocycles. The van der Waals surface area contributed by atoms with E-state index < -0.39 is 5.60 Å². The van der Waals surface area contributed by atoms with Crippen LogP contribution in [0.25, 0.3) is 0 Å². The molecule has 0 bridgehead atoms. The molecule has 5 saturated carbocycles. The van der Waals surface area contributed by atoms with Crippen molar-refractivity contribution in [2.24, 2.45) is 52.8 Å². The quantitative estimate of drug-likeness (QED) is 0.750. The molecule has 7 unspecified atom stereocenters. The lowest BCUT2D eigenvalue weighted by Crippen LogP contribution is -2.56. The van der Waals surface area contributed by atoms with Gasteiger partial charge in [0.15, 0.2) is 5.78 Å². The lowest BCUT2D eigenvalue weighted by atomic mass is 9.47. The highest BCUT2D eigenvalue weighted by molar-refractivity contribution is 5.91. The molecule has 5 fully saturated rings. The van der Waals surface area contributed by atoms with Crippen molar-refractivity contribution in [3.05, 3.63) is 23.8 Å². The molecule has 146 valence electrons. The second-order valence-corrected chi connectivity index (χ2v) is 10.5. The summed E-state index contributed by atoms with van der Waals surface area (Å²) in [4.78, 5) is 12.0. The van der Waals surface area contributed by atoms with Crippen LogP contribution in [0.5, 0.6) is 0 Å². The van der Waals surface area contributed by atoms with E-state index >= 15 is 0 Å². The van der Waals surface area contributed by atoms with Crippen molar-refractivity contribution < 1.29 is 15.0 Å². The van der Waals surface area contributed by atoms with Gasteiger partial charge in [-0.1, -0.05) is 24.6 Å². The maximum absolute atomic E-state index is 12.0. The van der Waals surface area contributed by atoms with Gasteiger partial charge in [0.25, 0.3) is 0 Å². The standard InChI is InChI=1S/C24H32O3/c1-2-23-8-6-15-14-5-4-13(26)10-16(14)17-11-18(17)21(15)22(23)19-12-20(19)24(23,27)7-3-9-25/h3,7,10,14-15,17-22,25,27H,2,4-6,8-9,11-12H2,1H3/b7-3-/t14?,15?,17-,18?,19-,20+,21?,22?,23?,24?/m1/s1. The van der Waals surface area contributed by atoms with Crippen molar-refractivity contribution >= 4 is 5.78 Å². The van der Waals surface area contributed by atoms with E-state index in [1.807, 2.05) is 12.2 Å². The Morgan fingerprint density at radius 2 is 2.04 bits per heavy atom. The van der Waals surface area contributed by atoms with Crippen LogP contribution in [0, 0.1) is 52.8 Å². The predicted octanol–water partition coefficient (Wildman–Crippen LogP) is 3.51. The number of aliphatic hydroxyl groups is 2. The van der Waals surface area contributed by atoms with Gasteiger partial charge >= 0.3 is 0 Å². The van der Waals surface area contributed by atoms with Crippen LogP contribution >= 0.6 is 0 Å². The molecule has 6 rings (SSSR count). The van der Waals surface area contributed by atoms with Gasteiger partial charge in [-0.25, -0.2) is 0 Å². The summed E-state index contributed by atoms with van der Waals surface area (Å²) in [5.74, 6) is 5.68. The van der Waals surface area contributed by atoms with E-state index in [0.29, 0.717) is 35.4 Å². The van der Waals surface area contributed by atoms with Crippen molar-refractivity contribution in [1.29, 1.82) is 0 Å². The Kier molecular flexibility index (Phi) is 3.37. The summed E-state index contributed by atoms with van der Waals surface area (Å²) in [6.45, 7) is 2.30. The molecule has 6 aliphatic rings. The Labute approximate surface area is 161 Å². The van der Waals surface area contributed by atoms with Gasteiger partial charge in [0.1, 0.15) is 0 Å². The summed E-state index contributed by atoms with van der Waals surface area (Å²) in [5, 5.41) is 21.2. The summed E-state index contributed by atoms with van der Waals surface area (Å²) >= 11 is 0. The second kappa shape index (κ2) is 5.36. The van der Waals surface area contributed by atoms with E-state index in [0.717, 1.165) is 43.4 Å². The van der Waals surface area contributed by atoms with Crippen LogP contribution < -0.4 is 0 Å². The minimum Gasteiger partial charge on any atom is -0.392 e. The number of ketones is 1. The minimum atomic E-state index is -0.714. The van der Waals surface area contributed by atoms with Crippen molar-refractivity contribution in [1.82, 2.24) is 0 Å². The van der Waals surface area contributed by atoms with E-state index in [9.17, 15) is 15.0 Å². The molecule has 0 radical (unpaired) electrons. The Bertz CT molecular complexity index is 753. The lowest BCUT2D eigenvalue weighted by molar-refractivity contribution is -0.130. The van der Waals surface area contributed by atoms with Crippen molar-refractivity contribution in [3.63, 3.8) is 0 Å². The monoisotopic (exact) mass is 368 g/mol. The van der Waals surface area contributed by atoms with E-state index in [1.165, 1.54) is 24.8 Å². The molecule has 0 aromatic heterocycles. The molecule has 10 atom stereocenters. The van der Waals surface area contributed by atoms with Crippen LogP contribution in [0.2, 0.25) is 0 Å². The molecule has 0 aliphatic heterocycles. The zero-order valence-electron chi connectivity index (χ0n) is 16.3. The Hall–Kier alpha value is -0.930. The summed E-state index contributed by atoms with van der Waals surface area (Å²) < 4.78 is 0. The third kappa shape index (κ3) is 1.93. The van der Waals surface area contributed by atoms with Gasteiger partial charge in [0.05, 0.1) is 12.2 Å². The highest BCUT2D eigenvalue weighted by Crippen LogP contribution is 2.80. The number of aliphatic hydroxyl groups excluding tert-OH is 1. The van der Waals surface area contributed by atoms with Gasteiger partial charge in [-0.2, -0.15) is 0 Å². The van der Waals surface area contributed by atoms with E-state index in [2.05, 4.69) is 6.92 Å². The number of carbonyl (C=O) groups excluding carboxylic acids is 1. The number of carbonyl (C=O) groups is 1. The third-order valence-electron chi connectivity index (χ3n) is 9.98. The molecule has 3 nitrogen and oxygen atoms in total. The molecule has 3 heteroatoms. The smallest absolute Gasteiger partial charge is 0.155 e. The topological polar surface area (TPSA) is 57.5 Å². The van der Waals surface area contributed by atoms with Gasteiger partial charge in [-0.3, -0.25) is 4.79 Å². The zero-order chi connectivity index (χ0) is 18.6. The molecular weight excluding hydrogens is 336 g/mol. The Balaban J connectivity index is 1.41. The van der Waals surface area contributed by atoms with Gasteiger partial charge in [-0.05, 0) is 91.9 Å². The van der Waals surface area contributed by atoms with Crippen molar-refractivity contribution in [3.8, 4) is 0 Å². The van der Waals surface area contributed by atoms with Crippen LogP contribution in [0.4, 0.5) is 0 Å². The van der Waals surface area contributed by atoms with Crippen LogP contribution in [0.3, 0.4) is 0 Å². The number of fused-ring (bicyclic) bond motifs is 10. The summed E-state index contributed by atoms with van der Waals surface area (Å²) in [6, 6.07) is 0. The first-order valence-electron chi connectivity index (χ1n) is 11.3. The van der Waals surface area contributed by atoms with Crippen molar-refractivity contribution in [2.45, 2.75) is 57.5 Å². The predicted molar refractivity (Wildman–Crippen MR) is 103 cm³/mol. The highest BCUT2D eigenvalue weighted by Gasteiger charge is 2.78. The Morgan fingerprint density at radius 1 is 1.19 bits per heavy atom. The summed E-state index contributed by atoms with van der Waals surface area (Å²) in [6.07, 6.45) is 13.5. The summed E-state index contributed by atoms with van der Waals surface area (Å²) in [5.41, 5.74) is 0.808. The largest absolute Gasteiger partial charge is 0.392 e. The fraction of sp³-hybridized carbons (Fsp3) is 0.792. The number of allylic oxidation sites excluding steroid dienone is 1. The van der Waals surface area contributed by atoms with E-state index in [-0.39, 0.29) is 12.0 Å². The molecule has 0 spiro atoms. The average Bonchev–Trinajstić information content (AvgIpc) is 3.58. The summed E-state index contributed by atoms with van der Waals surface area (Å²) in [7, 11) is 0. The van der Waals surface area contributed by atoms with Crippen LogP contribution in [-0.4, -0.2) is 28.2 Å². The molecular formula is C24H32O3. The molecule has 27 heavy (non-hydrogen) atoms. The molecule has 0 amide bonds. The number of rotatable bonds is 3. The molecule has 0 saturated heterocycles. The van der Waals surface area contributed by atoms with Crippen LogP contribution in [0.15, 0.2) is 23.8 Å². The van der Waals surface area contributed by atoms with E-state index in [1.54, 1.807) is 6.08 Å². The average molecular weight is 369 g/mol. The maximum atomic E-state index is 12.0. The maximum Gasteiger partial charge on any atom is 0.155 e. The second-order valence-electron chi connectivity index (χ2n) is 10.5. The fourth-order valence-electron chi connectivity index (χ4n) is 9.03. The van der Waals surface area contributed by atoms with Gasteiger partial charge in [-0.15, -0.1) is 0 Å². The molecule has 2 N–H and O–H groups in total. The van der Waals surface area contributed by atoms with Gasteiger partial charge in [0.2, 0.25) is 0 Å².